The molecule has 2 aliphatic rings. The highest BCUT2D eigenvalue weighted by Crippen LogP contribution is 2.40. The Balaban J connectivity index is 1.64. The monoisotopic (exact) mass is 482 g/mol. The average Bonchev–Trinajstić information content (AvgIpc) is 3.25. The molecular formula is C28H22N2O6. The molecule has 0 amide bonds. The van der Waals surface area contributed by atoms with E-state index in [-0.39, 0.29) is 42.2 Å². The molecule has 2 aliphatic heterocycles. The van der Waals surface area contributed by atoms with E-state index in [1.54, 1.807) is 38.1 Å². The Morgan fingerprint density at radius 3 is 2.67 bits per heavy atom. The van der Waals surface area contributed by atoms with Crippen LogP contribution in [0.2, 0.25) is 0 Å². The summed E-state index contributed by atoms with van der Waals surface area (Å²) in [6, 6.07) is 13.6. The number of aromatic hydroxyl groups is 1. The molecular weight excluding hydrogens is 460 g/mol. The third-order valence-corrected chi connectivity index (χ3v) is 7.29. The SMILES string of the molecule is CC[C@@]1(O)C(=O)OCc2c1cc1n(c2=O)Cc2c-1nc1ccccc1c2C(=O)c1ccc(C)c(O)c1. The van der Waals surface area contributed by atoms with Crippen molar-refractivity contribution in [3.63, 3.8) is 0 Å². The molecule has 36 heavy (non-hydrogen) atoms. The van der Waals surface area contributed by atoms with Crippen LogP contribution >= 0.6 is 0 Å². The highest BCUT2D eigenvalue weighted by Gasteiger charge is 2.45. The van der Waals surface area contributed by atoms with Gasteiger partial charge in [-0.15, -0.1) is 0 Å². The number of para-hydroxylation sites is 1. The summed E-state index contributed by atoms with van der Waals surface area (Å²) in [4.78, 5) is 44.6. The van der Waals surface area contributed by atoms with Gasteiger partial charge in [-0.3, -0.25) is 9.59 Å². The van der Waals surface area contributed by atoms with Crippen LogP contribution in [-0.2, 0) is 28.3 Å². The van der Waals surface area contributed by atoms with Crippen molar-refractivity contribution in [2.45, 2.75) is 39.0 Å². The molecule has 2 N–H and O–H groups in total. The Bertz CT molecular complexity index is 1700. The van der Waals surface area contributed by atoms with Gasteiger partial charge in [0.25, 0.3) is 5.56 Å². The Kier molecular flexibility index (Phi) is 4.68. The van der Waals surface area contributed by atoms with E-state index in [0.29, 0.717) is 44.5 Å². The van der Waals surface area contributed by atoms with Crippen molar-refractivity contribution in [1.82, 2.24) is 9.55 Å². The molecule has 6 rings (SSSR count). The largest absolute Gasteiger partial charge is 0.508 e. The van der Waals surface area contributed by atoms with E-state index in [1.165, 1.54) is 10.6 Å². The van der Waals surface area contributed by atoms with Gasteiger partial charge in [-0.1, -0.05) is 37.3 Å². The lowest BCUT2D eigenvalue weighted by atomic mass is 9.86. The lowest BCUT2D eigenvalue weighted by Gasteiger charge is -2.31. The lowest BCUT2D eigenvalue weighted by Crippen LogP contribution is -2.44. The van der Waals surface area contributed by atoms with Crippen LogP contribution in [0.25, 0.3) is 22.3 Å². The number of aryl methyl sites for hydroxylation is 1. The fourth-order valence-corrected chi connectivity index (χ4v) is 5.18. The first kappa shape index (κ1) is 22.2. The molecule has 8 heteroatoms. The number of aromatic nitrogens is 2. The Morgan fingerprint density at radius 1 is 1.14 bits per heavy atom. The molecule has 4 aromatic rings. The zero-order valence-electron chi connectivity index (χ0n) is 19.7. The molecule has 8 nitrogen and oxygen atoms in total. The maximum absolute atomic E-state index is 13.8. The van der Waals surface area contributed by atoms with E-state index in [2.05, 4.69) is 0 Å². The lowest BCUT2D eigenvalue weighted by molar-refractivity contribution is -0.172. The van der Waals surface area contributed by atoms with Gasteiger partial charge in [0.1, 0.15) is 12.4 Å². The van der Waals surface area contributed by atoms with Crippen molar-refractivity contribution in [3.05, 3.63) is 92.3 Å². The summed E-state index contributed by atoms with van der Waals surface area (Å²) < 4.78 is 6.64. The molecule has 180 valence electrons. The number of hydrogen-bond donors (Lipinski definition) is 2. The summed E-state index contributed by atoms with van der Waals surface area (Å²) in [6.45, 7) is 3.27. The molecule has 0 radical (unpaired) electrons. The second kappa shape index (κ2) is 7.60. The first-order chi connectivity index (χ1) is 17.2. The number of carbonyl (C=O) groups is 2. The van der Waals surface area contributed by atoms with Gasteiger partial charge in [0.15, 0.2) is 11.4 Å². The number of benzene rings is 2. The van der Waals surface area contributed by atoms with Crippen LogP contribution in [0.5, 0.6) is 5.75 Å². The van der Waals surface area contributed by atoms with Crippen LogP contribution in [0.3, 0.4) is 0 Å². The fourth-order valence-electron chi connectivity index (χ4n) is 5.18. The summed E-state index contributed by atoms with van der Waals surface area (Å²) in [6.07, 6.45) is 0.0420. The summed E-state index contributed by atoms with van der Waals surface area (Å²) in [7, 11) is 0. The Labute approximate surface area is 205 Å². The fraction of sp³-hybridized carbons (Fsp3) is 0.214. The number of phenols is 1. The van der Waals surface area contributed by atoms with Crippen molar-refractivity contribution < 1.29 is 24.5 Å². The molecule has 0 saturated heterocycles. The van der Waals surface area contributed by atoms with E-state index >= 15 is 0 Å². The van der Waals surface area contributed by atoms with Crippen LogP contribution in [0, 0.1) is 6.92 Å². The molecule has 0 unspecified atom stereocenters. The second-order valence-corrected chi connectivity index (χ2v) is 9.26. The predicted octanol–water partition coefficient (Wildman–Crippen LogP) is 3.32. The number of aliphatic hydroxyl groups is 1. The maximum Gasteiger partial charge on any atom is 0.343 e. The topological polar surface area (TPSA) is 119 Å². The summed E-state index contributed by atoms with van der Waals surface area (Å²) in [5.41, 5.74) is 1.51. The van der Waals surface area contributed by atoms with Crippen LogP contribution in [0.1, 0.15) is 51.5 Å². The second-order valence-electron chi connectivity index (χ2n) is 9.26. The molecule has 0 spiro atoms. The van der Waals surface area contributed by atoms with Gasteiger partial charge >= 0.3 is 5.97 Å². The number of hydrogen-bond acceptors (Lipinski definition) is 7. The number of phenolic OH excluding ortho intramolecular Hbond substituents is 1. The zero-order valence-corrected chi connectivity index (χ0v) is 19.7. The van der Waals surface area contributed by atoms with Crippen LogP contribution in [0.15, 0.2) is 53.3 Å². The number of esters is 1. The van der Waals surface area contributed by atoms with Gasteiger partial charge in [0, 0.05) is 27.6 Å². The summed E-state index contributed by atoms with van der Waals surface area (Å²) >= 11 is 0. The minimum Gasteiger partial charge on any atom is -0.508 e. The van der Waals surface area contributed by atoms with E-state index in [4.69, 9.17) is 9.72 Å². The molecule has 0 aliphatic carbocycles. The molecule has 0 bridgehead atoms. The minimum atomic E-state index is -1.93. The summed E-state index contributed by atoms with van der Waals surface area (Å²) in [5.74, 6) is -1.07. The van der Waals surface area contributed by atoms with Crippen molar-refractivity contribution in [2.24, 2.45) is 0 Å². The number of cyclic esters (lactones) is 1. The highest BCUT2D eigenvalue weighted by molar-refractivity contribution is 6.18. The van der Waals surface area contributed by atoms with Crippen LogP contribution < -0.4 is 5.56 Å². The smallest absolute Gasteiger partial charge is 0.343 e. The van der Waals surface area contributed by atoms with Gasteiger partial charge in [0.05, 0.1) is 29.0 Å². The van der Waals surface area contributed by atoms with Crippen LogP contribution in [-0.4, -0.2) is 31.5 Å². The van der Waals surface area contributed by atoms with E-state index in [1.807, 2.05) is 18.2 Å². The number of pyridine rings is 2. The number of nitrogens with zero attached hydrogens (tertiary/aromatic N) is 2. The molecule has 1 atom stereocenters. The van der Waals surface area contributed by atoms with Gasteiger partial charge in [-0.05, 0) is 37.1 Å². The molecule has 4 heterocycles. The molecule has 0 fully saturated rings. The third-order valence-electron chi connectivity index (χ3n) is 7.29. The van der Waals surface area contributed by atoms with Gasteiger partial charge in [0.2, 0.25) is 0 Å². The minimum absolute atomic E-state index is 0.0200. The first-order valence-corrected chi connectivity index (χ1v) is 11.7. The normalized spacial score (nSPS) is 17.9. The first-order valence-electron chi connectivity index (χ1n) is 11.7. The third kappa shape index (κ3) is 2.91. The van der Waals surface area contributed by atoms with E-state index in [0.717, 1.165) is 0 Å². The number of carbonyl (C=O) groups excluding carboxylic acids is 2. The van der Waals surface area contributed by atoms with Crippen molar-refractivity contribution in [2.75, 3.05) is 0 Å². The van der Waals surface area contributed by atoms with Crippen molar-refractivity contribution >= 4 is 22.7 Å². The number of ether oxygens (including phenoxy) is 1. The zero-order chi connectivity index (χ0) is 25.4. The summed E-state index contributed by atoms with van der Waals surface area (Å²) in [5, 5.41) is 22.0. The number of ketones is 1. The van der Waals surface area contributed by atoms with Gasteiger partial charge < -0.3 is 19.5 Å². The van der Waals surface area contributed by atoms with Crippen molar-refractivity contribution in [1.29, 1.82) is 0 Å². The average molecular weight is 482 g/mol. The molecule has 2 aromatic heterocycles. The molecule has 0 saturated carbocycles. The number of rotatable bonds is 3. The highest BCUT2D eigenvalue weighted by atomic mass is 16.6. The van der Waals surface area contributed by atoms with Crippen molar-refractivity contribution in [3.8, 4) is 17.1 Å². The van der Waals surface area contributed by atoms with Crippen LogP contribution in [0.4, 0.5) is 0 Å². The molecule has 2 aromatic carbocycles. The Hall–Kier alpha value is -4.30. The number of fused-ring (bicyclic) bond motifs is 5. The standard InChI is InChI=1S/C28H22N2O6/c1-3-28(35)19-11-21-24-17(12-30(21)26(33)18(19)13-36-27(28)34)23(16-6-4-5-7-20(16)29-24)25(32)15-9-8-14(2)22(31)10-15/h4-11,31,35H,3,12-13H2,1-2H3/t28-/m0/s1. The quantitative estimate of drug-likeness (QED) is 0.299. The Morgan fingerprint density at radius 2 is 1.92 bits per heavy atom. The predicted molar refractivity (Wildman–Crippen MR) is 131 cm³/mol. The maximum atomic E-state index is 13.8. The van der Waals surface area contributed by atoms with E-state index in [9.17, 15) is 24.6 Å². The van der Waals surface area contributed by atoms with Gasteiger partial charge in [-0.2, -0.15) is 0 Å². The van der Waals surface area contributed by atoms with E-state index < -0.39 is 17.1 Å². The van der Waals surface area contributed by atoms with Gasteiger partial charge in [-0.25, -0.2) is 9.78 Å².